The molecule has 6 heteroatoms. The van der Waals surface area contributed by atoms with Crippen molar-refractivity contribution < 1.29 is 9.15 Å². The summed E-state index contributed by atoms with van der Waals surface area (Å²) >= 11 is 0. The van der Waals surface area contributed by atoms with Crippen LogP contribution in [0.4, 0.5) is 0 Å². The fraction of sp³-hybridized carbons (Fsp3) is 0.273. The van der Waals surface area contributed by atoms with Gasteiger partial charge >= 0.3 is 0 Å². The topological polar surface area (TPSA) is 71.7 Å². The molecular weight excluding hydrogens is 352 g/mol. The van der Waals surface area contributed by atoms with Crippen LogP contribution in [0.2, 0.25) is 0 Å². The lowest BCUT2D eigenvalue weighted by atomic mass is 10.1. The van der Waals surface area contributed by atoms with Gasteiger partial charge in [-0.3, -0.25) is 0 Å². The second kappa shape index (κ2) is 9.60. The van der Waals surface area contributed by atoms with Crippen LogP contribution in [-0.4, -0.2) is 24.6 Å². The van der Waals surface area contributed by atoms with E-state index in [0.29, 0.717) is 24.9 Å². The van der Waals surface area contributed by atoms with Gasteiger partial charge in [-0.25, -0.2) is 9.98 Å². The maximum Gasteiger partial charge on any atom is 0.214 e. The van der Waals surface area contributed by atoms with Gasteiger partial charge < -0.3 is 19.8 Å². The molecule has 1 aromatic heterocycles. The number of benzene rings is 2. The molecule has 0 unspecified atom stereocenters. The Morgan fingerprint density at radius 1 is 1.07 bits per heavy atom. The average molecular weight is 378 g/mol. The fourth-order valence-corrected chi connectivity index (χ4v) is 2.65. The highest BCUT2D eigenvalue weighted by atomic mass is 16.5. The molecule has 0 spiro atoms. The number of nitrogens with one attached hydrogen (secondary N) is 2. The van der Waals surface area contributed by atoms with Gasteiger partial charge in [-0.15, -0.1) is 0 Å². The molecular formula is C22H26N4O2. The predicted octanol–water partition coefficient (Wildman–Crippen LogP) is 3.91. The Morgan fingerprint density at radius 3 is 2.50 bits per heavy atom. The number of rotatable bonds is 7. The number of guanidine groups is 1. The third kappa shape index (κ3) is 5.36. The summed E-state index contributed by atoms with van der Waals surface area (Å²) in [5.74, 6) is 2.93. The normalized spacial score (nSPS) is 11.3. The SMILES string of the molecule is CCNC(=NCc1ccc(OC)cc1)NCc1ncc(-c2ccc(C)cc2)o1. The molecule has 28 heavy (non-hydrogen) atoms. The average Bonchev–Trinajstić information content (AvgIpc) is 3.20. The van der Waals surface area contributed by atoms with E-state index in [1.807, 2.05) is 43.3 Å². The number of aryl methyl sites for hydroxylation is 1. The van der Waals surface area contributed by atoms with Crippen molar-refractivity contribution >= 4 is 5.96 Å². The molecule has 0 atom stereocenters. The molecule has 0 amide bonds. The summed E-state index contributed by atoms with van der Waals surface area (Å²) in [5, 5.41) is 6.50. The standard InChI is InChI=1S/C22H26N4O2/c1-4-23-22(25-13-17-7-11-19(27-3)12-8-17)26-15-21-24-14-20(28-21)18-9-5-16(2)6-10-18/h5-12,14H,4,13,15H2,1-3H3,(H2,23,25,26). The minimum Gasteiger partial charge on any atom is -0.497 e. The van der Waals surface area contributed by atoms with Crippen LogP contribution in [0.25, 0.3) is 11.3 Å². The number of oxazole rings is 1. The third-order valence-electron chi connectivity index (χ3n) is 4.22. The van der Waals surface area contributed by atoms with Crippen LogP contribution in [0.3, 0.4) is 0 Å². The number of ether oxygens (including phenoxy) is 1. The summed E-state index contributed by atoms with van der Waals surface area (Å²) in [4.78, 5) is 8.97. The molecule has 0 saturated carbocycles. The lowest BCUT2D eigenvalue weighted by Crippen LogP contribution is -2.36. The van der Waals surface area contributed by atoms with Crippen molar-refractivity contribution in [3.05, 3.63) is 71.7 Å². The van der Waals surface area contributed by atoms with Gasteiger partial charge in [0.1, 0.15) is 5.75 Å². The number of hydrogen-bond acceptors (Lipinski definition) is 4. The van der Waals surface area contributed by atoms with Crippen molar-refractivity contribution in [3.8, 4) is 17.1 Å². The summed E-state index contributed by atoms with van der Waals surface area (Å²) in [6, 6.07) is 16.1. The number of nitrogens with zero attached hydrogens (tertiary/aromatic N) is 2. The van der Waals surface area contributed by atoms with Gasteiger partial charge in [0.2, 0.25) is 5.89 Å². The summed E-state index contributed by atoms with van der Waals surface area (Å²) in [6.07, 6.45) is 1.75. The van der Waals surface area contributed by atoms with Crippen LogP contribution in [0, 0.1) is 6.92 Å². The summed E-state index contributed by atoms with van der Waals surface area (Å²) in [6.45, 7) is 5.90. The molecule has 0 aliphatic rings. The minimum absolute atomic E-state index is 0.459. The van der Waals surface area contributed by atoms with Crippen LogP contribution in [0.1, 0.15) is 23.9 Å². The number of aromatic nitrogens is 1. The van der Waals surface area contributed by atoms with E-state index in [1.165, 1.54) is 5.56 Å². The molecule has 1 heterocycles. The van der Waals surface area contributed by atoms with E-state index < -0.39 is 0 Å². The molecule has 3 rings (SSSR count). The first-order chi connectivity index (χ1) is 13.7. The zero-order valence-electron chi connectivity index (χ0n) is 16.5. The lowest BCUT2D eigenvalue weighted by Gasteiger charge is -2.10. The number of hydrogen-bond donors (Lipinski definition) is 2. The van der Waals surface area contributed by atoms with Crippen LogP contribution >= 0.6 is 0 Å². The molecule has 0 fully saturated rings. The van der Waals surface area contributed by atoms with Crippen LogP contribution < -0.4 is 15.4 Å². The Balaban J connectivity index is 1.60. The highest BCUT2D eigenvalue weighted by Gasteiger charge is 2.07. The van der Waals surface area contributed by atoms with Gasteiger partial charge in [0.25, 0.3) is 0 Å². The first-order valence-corrected chi connectivity index (χ1v) is 9.34. The number of aliphatic imine (C=N–C) groups is 1. The second-order valence-electron chi connectivity index (χ2n) is 6.38. The molecule has 3 aromatic rings. The van der Waals surface area contributed by atoms with Crippen molar-refractivity contribution in [2.24, 2.45) is 4.99 Å². The van der Waals surface area contributed by atoms with Crippen LogP contribution in [0.5, 0.6) is 5.75 Å². The molecule has 146 valence electrons. The van der Waals surface area contributed by atoms with Gasteiger partial charge in [-0.1, -0.05) is 42.0 Å². The molecule has 0 radical (unpaired) electrons. The van der Waals surface area contributed by atoms with Crippen LogP contribution in [-0.2, 0) is 13.1 Å². The van der Waals surface area contributed by atoms with Gasteiger partial charge in [-0.2, -0.15) is 0 Å². The van der Waals surface area contributed by atoms with E-state index in [4.69, 9.17) is 9.15 Å². The first-order valence-electron chi connectivity index (χ1n) is 9.34. The van der Waals surface area contributed by atoms with Crippen molar-refractivity contribution in [3.63, 3.8) is 0 Å². The van der Waals surface area contributed by atoms with E-state index in [1.54, 1.807) is 13.3 Å². The predicted molar refractivity (Wildman–Crippen MR) is 111 cm³/mol. The van der Waals surface area contributed by atoms with Crippen LogP contribution in [0.15, 0.2) is 64.1 Å². The zero-order chi connectivity index (χ0) is 19.8. The van der Waals surface area contributed by atoms with Gasteiger partial charge in [0.15, 0.2) is 11.7 Å². The monoisotopic (exact) mass is 378 g/mol. The minimum atomic E-state index is 0.459. The van der Waals surface area contributed by atoms with Crippen molar-refractivity contribution in [1.82, 2.24) is 15.6 Å². The fourth-order valence-electron chi connectivity index (χ4n) is 2.65. The van der Waals surface area contributed by atoms with Gasteiger partial charge in [0.05, 0.1) is 26.4 Å². The summed E-state index contributed by atoms with van der Waals surface area (Å²) < 4.78 is 11.0. The highest BCUT2D eigenvalue weighted by molar-refractivity contribution is 5.79. The Hall–Kier alpha value is -3.28. The molecule has 6 nitrogen and oxygen atoms in total. The third-order valence-corrected chi connectivity index (χ3v) is 4.22. The number of methoxy groups -OCH3 is 1. The first kappa shape index (κ1) is 19.5. The Kier molecular flexibility index (Phi) is 6.68. The molecule has 2 aromatic carbocycles. The summed E-state index contributed by atoms with van der Waals surface area (Å²) in [5.41, 5.74) is 3.34. The molecule has 2 N–H and O–H groups in total. The van der Waals surface area contributed by atoms with E-state index >= 15 is 0 Å². The Labute approximate surface area is 165 Å². The quantitative estimate of drug-likeness (QED) is 0.482. The maximum absolute atomic E-state index is 5.86. The molecule has 0 saturated heterocycles. The van der Waals surface area contributed by atoms with E-state index in [9.17, 15) is 0 Å². The second-order valence-corrected chi connectivity index (χ2v) is 6.38. The molecule has 0 aliphatic carbocycles. The molecule has 0 bridgehead atoms. The smallest absolute Gasteiger partial charge is 0.214 e. The summed E-state index contributed by atoms with van der Waals surface area (Å²) in [7, 11) is 1.66. The van der Waals surface area contributed by atoms with E-state index in [-0.39, 0.29) is 0 Å². The van der Waals surface area contributed by atoms with Gasteiger partial charge in [0, 0.05) is 12.1 Å². The van der Waals surface area contributed by atoms with Crippen molar-refractivity contribution in [2.75, 3.05) is 13.7 Å². The van der Waals surface area contributed by atoms with Gasteiger partial charge in [-0.05, 0) is 31.5 Å². The largest absolute Gasteiger partial charge is 0.497 e. The highest BCUT2D eigenvalue weighted by Crippen LogP contribution is 2.20. The lowest BCUT2D eigenvalue weighted by molar-refractivity contribution is 0.414. The Morgan fingerprint density at radius 2 is 1.82 bits per heavy atom. The van der Waals surface area contributed by atoms with Crippen molar-refractivity contribution in [2.45, 2.75) is 26.9 Å². The molecule has 0 aliphatic heterocycles. The van der Waals surface area contributed by atoms with Crippen molar-refractivity contribution in [1.29, 1.82) is 0 Å². The van der Waals surface area contributed by atoms with E-state index in [2.05, 4.69) is 39.7 Å². The Bertz CT molecular complexity index is 899. The van der Waals surface area contributed by atoms with E-state index in [0.717, 1.165) is 29.2 Å². The zero-order valence-corrected chi connectivity index (χ0v) is 16.5. The maximum atomic E-state index is 5.86.